The summed E-state index contributed by atoms with van der Waals surface area (Å²) in [6.45, 7) is 1.19. The molecule has 0 unspecified atom stereocenters. The minimum Gasteiger partial charge on any atom is -0.393 e. The van der Waals surface area contributed by atoms with Crippen LogP contribution in [0, 0.1) is 0 Å². The van der Waals surface area contributed by atoms with Gasteiger partial charge in [-0.15, -0.1) is 0 Å². The van der Waals surface area contributed by atoms with E-state index in [1.54, 1.807) is 4.90 Å². The van der Waals surface area contributed by atoms with Crippen LogP contribution in [0.4, 0.5) is 5.69 Å². The number of para-hydroxylation sites is 1. The van der Waals surface area contributed by atoms with Crippen molar-refractivity contribution in [2.45, 2.75) is 43.6 Å². The number of nitrogens with zero attached hydrogens (tertiary/aromatic N) is 2. The number of benzene rings is 2. The third-order valence-electron chi connectivity index (χ3n) is 6.43. The molecule has 1 saturated heterocycles. The second-order valence-electron chi connectivity index (χ2n) is 8.24. The number of aliphatic hydroxyl groups excluding tert-OH is 1. The third-order valence-corrected chi connectivity index (χ3v) is 6.43. The molecule has 2 amide bonds. The maximum Gasteiger partial charge on any atom is 0.237 e. The Hall–Kier alpha value is -2.66. The average Bonchev–Trinajstić information content (AvgIpc) is 2.96. The second-order valence-corrected chi connectivity index (χ2v) is 8.24. The molecule has 2 heterocycles. The van der Waals surface area contributed by atoms with Gasteiger partial charge in [-0.25, -0.2) is 0 Å². The van der Waals surface area contributed by atoms with Crippen molar-refractivity contribution in [3.63, 3.8) is 0 Å². The maximum atomic E-state index is 13.5. The number of likely N-dealkylation sites (N-methyl/N-ethyl adjacent to an activating group) is 1. The van der Waals surface area contributed by atoms with Crippen LogP contribution >= 0.6 is 0 Å². The summed E-state index contributed by atoms with van der Waals surface area (Å²) in [6, 6.07) is 18.0. The van der Waals surface area contributed by atoms with Gasteiger partial charge in [0.1, 0.15) is 0 Å². The first-order chi connectivity index (χ1) is 14.0. The summed E-state index contributed by atoms with van der Waals surface area (Å²) in [4.78, 5) is 29.9. The van der Waals surface area contributed by atoms with E-state index in [0.717, 1.165) is 16.8 Å². The molecular formula is C24H28N2O3. The zero-order valence-electron chi connectivity index (χ0n) is 16.9. The molecule has 0 aromatic heterocycles. The molecule has 1 atom stereocenters. The predicted octanol–water partition coefficient (Wildman–Crippen LogP) is 2.91. The minimum absolute atomic E-state index is 0.0596. The Bertz CT molecular complexity index is 890. The molecule has 0 spiro atoms. The van der Waals surface area contributed by atoms with Crippen molar-refractivity contribution < 1.29 is 14.7 Å². The van der Waals surface area contributed by atoms with Gasteiger partial charge in [0, 0.05) is 32.2 Å². The standard InChI is InChI=1S/C24H28N2O3/c1-25-21-10-6-5-9-20(21)24(23(25)29,17-18-7-3-2-4-8-18)14-11-22(28)26-15-12-19(27)13-16-26/h2-10,19,27H,11-17H2,1H3/t24-/m0/s1. The number of carbonyl (C=O) groups excluding carboxylic acids is 2. The van der Waals surface area contributed by atoms with E-state index in [2.05, 4.69) is 0 Å². The second kappa shape index (κ2) is 7.99. The van der Waals surface area contributed by atoms with Crippen molar-refractivity contribution in [3.8, 4) is 0 Å². The number of fused-ring (bicyclic) bond motifs is 1. The molecule has 0 saturated carbocycles. The van der Waals surface area contributed by atoms with E-state index in [1.165, 1.54) is 0 Å². The highest BCUT2D eigenvalue weighted by Crippen LogP contribution is 2.46. The third kappa shape index (κ3) is 3.67. The van der Waals surface area contributed by atoms with Gasteiger partial charge in [-0.3, -0.25) is 9.59 Å². The van der Waals surface area contributed by atoms with Crippen LogP contribution in [0.3, 0.4) is 0 Å². The van der Waals surface area contributed by atoms with Crippen molar-refractivity contribution in [3.05, 3.63) is 65.7 Å². The maximum absolute atomic E-state index is 13.5. The Morgan fingerprint density at radius 2 is 1.72 bits per heavy atom. The summed E-state index contributed by atoms with van der Waals surface area (Å²) in [5, 5.41) is 9.70. The van der Waals surface area contributed by atoms with E-state index in [0.29, 0.717) is 45.2 Å². The highest BCUT2D eigenvalue weighted by molar-refractivity contribution is 6.08. The molecule has 5 nitrogen and oxygen atoms in total. The quantitative estimate of drug-likeness (QED) is 0.851. The lowest BCUT2D eigenvalue weighted by atomic mass is 9.73. The smallest absolute Gasteiger partial charge is 0.237 e. The van der Waals surface area contributed by atoms with Crippen LogP contribution in [0.25, 0.3) is 0 Å². The number of rotatable bonds is 5. The molecule has 152 valence electrons. The summed E-state index contributed by atoms with van der Waals surface area (Å²) in [5.41, 5.74) is 2.32. The Balaban J connectivity index is 1.61. The molecule has 2 aliphatic heterocycles. The van der Waals surface area contributed by atoms with Gasteiger partial charge in [-0.2, -0.15) is 0 Å². The van der Waals surface area contributed by atoms with E-state index < -0.39 is 5.41 Å². The average molecular weight is 392 g/mol. The molecule has 2 aromatic rings. The van der Waals surface area contributed by atoms with Crippen LogP contribution in [0.5, 0.6) is 0 Å². The first-order valence-electron chi connectivity index (χ1n) is 10.4. The largest absolute Gasteiger partial charge is 0.393 e. The summed E-state index contributed by atoms with van der Waals surface area (Å²) in [7, 11) is 1.82. The van der Waals surface area contributed by atoms with Crippen LogP contribution in [0.15, 0.2) is 54.6 Å². The molecule has 0 bridgehead atoms. The first-order valence-corrected chi connectivity index (χ1v) is 10.4. The number of hydrogen-bond donors (Lipinski definition) is 1. The van der Waals surface area contributed by atoms with Crippen molar-refractivity contribution in [2.24, 2.45) is 0 Å². The molecule has 4 rings (SSSR count). The number of amides is 2. The van der Waals surface area contributed by atoms with Crippen molar-refractivity contribution in [2.75, 3.05) is 25.0 Å². The number of likely N-dealkylation sites (tertiary alicyclic amines) is 1. The topological polar surface area (TPSA) is 60.9 Å². The number of aliphatic hydroxyl groups is 1. The monoisotopic (exact) mass is 392 g/mol. The van der Waals surface area contributed by atoms with Crippen LogP contribution < -0.4 is 4.90 Å². The fraction of sp³-hybridized carbons (Fsp3) is 0.417. The van der Waals surface area contributed by atoms with Gasteiger partial charge in [-0.1, -0.05) is 48.5 Å². The molecule has 0 radical (unpaired) electrons. The zero-order chi connectivity index (χ0) is 20.4. The normalized spacial score (nSPS) is 22.1. The predicted molar refractivity (Wildman–Crippen MR) is 113 cm³/mol. The van der Waals surface area contributed by atoms with Crippen molar-refractivity contribution in [1.29, 1.82) is 0 Å². The van der Waals surface area contributed by atoms with Gasteiger partial charge < -0.3 is 14.9 Å². The van der Waals surface area contributed by atoms with Gasteiger partial charge in [0.2, 0.25) is 11.8 Å². The Kier molecular flexibility index (Phi) is 5.41. The highest BCUT2D eigenvalue weighted by Gasteiger charge is 2.49. The van der Waals surface area contributed by atoms with E-state index in [9.17, 15) is 14.7 Å². The number of carbonyl (C=O) groups is 2. The molecular weight excluding hydrogens is 364 g/mol. The fourth-order valence-electron chi connectivity index (χ4n) is 4.76. The lowest BCUT2D eigenvalue weighted by Crippen LogP contribution is -2.43. The summed E-state index contributed by atoms with van der Waals surface area (Å²) in [6.07, 6.45) is 2.36. The van der Waals surface area contributed by atoms with Gasteiger partial charge in [-0.05, 0) is 42.9 Å². The van der Waals surface area contributed by atoms with E-state index in [1.807, 2.05) is 66.5 Å². The fourth-order valence-corrected chi connectivity index (χ4v) is 4.76. The molecule has 1 fully saturated rings. The molecule has 29 heavy (non-hydrogen) atoms. The van der Waals surface area contributed by atoms with Crippen LogP contribution in [-0.2, 0) is 21.4 Å². The lowest BCUT2D eigenvalue weighted by Gasteiger charge is -2.32. The van der Waals surface area contributed by atoms with Crippen molar-refractivity contribution >= 4 is 17.5 Å². The van der Waals surface area contributed by atoms with Crippen LogP contribution in [-0.4, -0.2) is 48.1 Å². The number of anilines is 1. The summed E-state index contributed by atoms with van der Waals surface area (Å²) < 4.78 is 0. The molecule has 1 N–H and O–H groups in total. The van der Waals surface area contributed by atoms with Crippen molar-refractivity contribution in [1.82, 2.24) is 4.90 Å². The number of piperidine rings is 1. The number of hydrogen-bond acceptors (Lipinski definition) is 3. The Morgan fingerprint density at radius 1 is 1.07 bits per heavy atom. The van der Waals surface area contributed by atoms with E-state index >= 15 is 0 Å². The van der Waals surface area contributed by atoms with Crippen LogP contribution in [0.1, 0.15) is 36.8 Å². The lowest BCUT2D eigenvalue weighted by molar-refractivity contribution is -0.134. The van der Waals surface area contributed by atoms with Gasteiger partial charge in [0.05, 0.1) is 11.5 Å². The molecule has 2 aromatic carbocycles. The zero-order valence-corrected chi connectivity index (χ0v) is 16.9. The SMILES string of the molecule is CN1C(=O)[C@@](CCC(=O)N2CCC(O)CC2)(Cc2ccccc2)c2ccccc21. The first kappa shape index (κ1) is 19.6. The van der Waals surface area contributed by atoms with E-state index in [4.69, 9.17) is 0 Å². The summed E-state index contributed by atoms with van der Waals surface area (Å²) >= 11 is 0. The van der Waals surface area contributed by atoms with Gasteiger partial charge in [0.15, 0.2) is 0 Å². The van der Waals surface area contributed by atoms with Gasteiger partial charge >= 0.3 is 0 Å². The summed E-state index contributed by atoms with van der Waals surface area (Å²) in [5.74, 6) is 0.133. The van der Waals surface area contributed by atoms with Crippen LogP contribution in [0.2, 0.25) is 0 Å². The van der Waals surface area contributed by atoms with E-state index in [-0.39, 0.29) is 17.9 Å². The Morgan fingerprint density at radius 3 is 2.45 bits per heavy atom. The Labute approximate surface area is 171 Å². The molecule has 0 aliphatic carbocycles. The molecule has 2 aliphatic rings. The van der Waals surface area contributed by atoms with Gasteiger partial charge in [0.25, 0.3) is 0 Å². The minimum atomic E-state index is -0.725. The highest BCUT2D eigenvalue weighted by atomic mass is 16.3. The molecule has 5 heteroatoms.